The first kappa shape index (κ1) is 18.7. The van der Waals surface area contributed by atoms with Crippen LogP contribution < -0.4 is 5.32 Å². The molecule has 1 aliphatic heterocycles. The SMILES string of the molecule is CCc1ccccc1NC(=O)N(C)CC(O)CN1CCN(C)CC1. The van der Waals surface area contributed by atoms with Crippen molar-refractivity contribution in [2.45, 2.75) is 19.4 Å². The van der Waals surface area contributed by atoms with E-state index in [1.807, 2.05) is 24.3 Å². The molecule has 6 heteroatoms. The summed E-state index contributed by atoms with van der Waals surface area (Å²) in [4.78, 5) is 18.4. The Morgan fingerprint density at radius 2 is 1.96 bits per heavy atom. The molecule has 0 radical (unpaired) electrons. The molecule has 0 spiro atoms. The molecule has 1 saturated heterocycles. The number of β-amino-alcohol motifs (C(OH)–C–C–N with tert-alkyl or cyclic N) is 1. The van der Waals surface area contributed by atoms with Crippen molar-refractivity contribution < 1.29 is 9.90 Å². The Balaban J connectivity index is 1.80. The van der Waals surface area contributed by atoms with Crippen LogP contribution in [0.1, 0.15) is 12.5 Å². The Hall–Kier alpha value is -1.63. The number of carbonyl (C=O) groups excluding carboxylic acids is 1. The zero-order valence-corrected chi connectivity index (χ0v) is 15.0. The van der Waals surface area contributed by atoms with Gasteiger partial charge in [-0.15, -0.1) is 0 Å². The molecule has 2 N–H and O–H groups in total. The van der Waals surface area contributed by atoms with Crippen molar-refractivity contribution >= 4 is 11.7 Å². The highest BCUT2D eigenvalue weighted by molar-refractivity contribution is 5.90. The van der Waals surface area contributed by atoms with Crippen molar-refractivity contribution in [3.8, 4) is 0 Å². The number of hydrogen-bond acceptors (Lipinski definition) is 4. The highest BCUT2D eigenvalue weighted by Gasteiger charge is 2.20. The second-order valence-electron chi connectivity index (χ2n) is 6.58. The number of nitrogens with zero attached hydrogens (tertiary/aromatic N) is 3. The quantitative estimate of drug-likeness (QED) is 0.824. The Bertz CT molecular complexity index is 530. The summed E-state index contributed by atoms with van der Waals surface area (Å²) >= 11 is 0. The van der Waals surface area contributed by atoms with Gasteiger partial charge in [0.2, 0.25) is 0 Å². The molecule has 6 nitrogen and oxygen atoms in total. The number of nitrogens with one attached hydrogen (secondary N) is 1. The zero-order chi connectivity index (χ0) is 17.5. The first-order valence-electron chi connectivity index (χ1n) is 8.68. The van der Waals surface area contributed by atoms with E-state index in [9.17, 15) is 9.90 Å². The van der Waals surface area contributed by atoms with Crippen molar-refractivity contribution in [1.29, 1.82) is 0 Å². The summed E-state index contributed by atoms with van der Waals surface area (Å²) < 4.78 is 0. The van der Waals surface area contributed by atoms with E-state index >= 15 is 0 Å². The predicted molar refractivity (Wildman–Crippen MR) is 97.4 cm³/mol. The molecule has 0 aromatic heterocycles. The van der Waals surface area contributed by atoms with E-state index in [-0.39, 0.29) is 6.03 Å². The van der Waals surface area contributed by atoms with Crippen molar-refractivity contribution in [1.82, 2.24) is 14.7 Å². The van der Waals surface area contributed by atoms with Gasteiger partial charge in [-0.1, -0.05) is 25.1 Å². The standard InChI is InChI=1S/C18H30N4O2/c1-4-15-7-5-6-8-17(15)19-18(24)21(3)13-16(23)14-22-11-9-20(2)10-12-22/h5-8,16,23H,4,9-14H2,1-3H3,(H,19,24). The molecule has 1 aromatic carbocycles. The van der Waals surface area contributed by atoms with Gasteiger partial charge in [0, 0.05) is 52.0 Å². The summed E-state index contributed by atoms with van der Waals surface area (Å²) in [6, 6.07) is 7.62. The predicted octanol–water partition coefficient (Wildman–Crippen LogP) is 1.32. The van der Waals surface area contributed by atoms with Crippen LogP contribution >= 0.6 is 0 Å². The van der Waals surface area contributed by atoms with E-state index in [0.717, 1.165) is 43.9 Å². The fourth-order valence-electron chi connectivity index (χ4n) is 2.95. The maximum absolute atomic E-state index is 12.3. The van der Waals surface area contributed by atoms with E-state index in [1.165, 1.54) is 0 Å². The number of hydrogen-bond donors (Lipinski definition) is 2. The van der Waals surface area contributed by atoms with Crippen LogP contribution in [-0.4, -0.2) is 85.3 Å². The summed E-state index contributed by atoms with van der Waals surface area (Å²) in [6.45, 7) is 6.98. The van der Waals surface area contributed by atoms with Gasteiger partial charge >= 0.3 is 6.03 Å². The Kier molecular flexibility index (Phi) is 7.02. The number of likely N-dealkylation sites (N-methyl/N-ethyl adjacent to an activating group) is 2. The van der Waals surface area contributed by atoms with Crippen LogP contribution in [0.3, 0.4) is 0 Å². The maximum atomic E-state index is 12.3. The Morgan fingerprint density at radius 3 is 2.62 bits per heavy atom. The number of urea groups is 1. The lowest BCUT2D eigenvalue weighted by Gasteiger charge is -2.34. The van der Waals surface area contributed by atoms with Gasteiger partial charge in [-0.05, 0) is 25.1 Å². The fourth-order valence-corrected chi connectivity index (χ4v) is 2.95. The molecule has 2 amide bonds. The van der Waals surface area contributed by atoms with Crippen LogP contribution in [0.5, 0.6) is 0 Å². The third-order valence-corrected chi connectivity index (χ3v) is 4.54. The Labute approximate surface area is 145 Å². The molecule has 1 fully saturated rings. The summed E-state index contributed by atoms with van der Waals surface area (Å²) in [7, 11) is 3.83. The van der Waals surface area contributed by atoms with E-state index in [2.05, 4.69) is 29.1 Å². The number of para-hydroxylation sites is 1. The van der Waals surface area contributed by atoms with Crippen LogP contribution in [0.4, 0.5) is 10.5 Å². The second-order valence-corrected chi connectivity index (χ2v) is 6.58. The summed E-state index contributed by atoms with van der Waals surface area (Å²) in [5.41, 5.74) is 1.95. The number of anilines is 1. The molecule has 1 atom stereocenters. The van der Waals surface area contributed by atoms with Gasteiger partial charge in [-0.3, -0.25) is 4.90 Å². The number of aliphatic hydroxyl groups is 1. The monoisotopic (exact) mass is 334 g/mol. The smallest absolute Gasteiger partial charge is 0.321 e. The van der Waals surface area contributed by atoms with Gasteiger partial charge in [0.05, 0.1) is 6.10 Å². The molecule has 1 unspecified atom stereocenters. The second kappa shape index (κ2) is 9.01. The zero-order valence-electron chi connectivity index (χ0n) is 15.0. The minimum atomic E-state index is -0.537. The van der Waals surface area contributed by atoms with Gasteiger partial charge < -0.3 is 20.2 Å². The molecule has 24 heavy (non-hydrogen) atoms. The molecule has 134 valence electrons. The largest absolute Gasteiger partial charge is 0.390 e. The summed E-state index contributed by atoms with van der Waals surface area (Å²) in [5, 5.41) is 13.2. The number of benzene rings is 1. The van der Waals surface area contributed by atoms with E-state index in [1.54, 1.807) is 11.9 Å². The van der Waals surface area contributed by atoms with Crippen LogP contribution in [-0.2, 0) is 6.42 Å². The lowest BCUT2D eigenvalue weighted by molar-refractivity contribution is 0.0670. The van der Waals surface area contributed by atoms with Gasteiger partial charge in [0.1, 0.15) is 0 Å². The highest BCUT2D eigenvalue weighted by Crippen LogP contribution is 2.15. The lowest BCUT2D eigenvalue weighted by atomic mass is 10.1. The van der Waals surface area contributed by atoms with Crippen LogP contribution in [0.15, 0.2) is 24.3 Å². The van der Waals surface area contributed by atoms with Gasteiger partial charge in [0.25, 0.3) is 0 Å². The molecular weight excluding hydrogens is 304 g/mol. The first-order valence-corrected chi connectivity index (χ1v) is 8.68. The van der Waals surface area contributed by atoms with Crippen molar-refractivity contribution in [3.63, 3.8) is 0 Å². The van der Waals surface area contributed by atoms with E-state index < -0.39 is 6.10 Å². The topological polar surface area (TPSA) is 59.1 Å². The third kappa shape index (κ3) is 5.47. The van der Waals surface area contributed by atoms with Crippen LogP contribution in [0, 0.1) is 0 Å². The summed E-state index contributed by atoms with van der Waals surface area (Å²) in [5.74, 6) is 0. The number of aliphatic hydroxyl groups excluding tert-OH is 1. The normalized spacial score (nSPS) is 17.5. The summed E-state index contributed by atoms with van der Waals surface area (Å²) in [6.07, 6.45) is 0.331. The highest BCUT2D eigenvalue weighted by atomic mass is 16.3. The van der Waals surface area contributed by atoms with E-state index in [0.29, 0.717) is 13.1 Å². The molecule has 0 bridgehead atoms. The number of carbonyl (C=O) groups is 1. The van der Waals surface area contributed by atoms with Crippen LogP contribution in [0.2, 0.25) is 0 Å². The minimum absolute atomic E-state index is 0.187. The molecule has 1 heterocycles. The fraction of sp³-hybridized carbons (Fsp3) is 0.611. The Morgan fingerprint density at radius 1 is 1.29 bits per heavy atom. The molecule has 2 rings (SSSR count). The van der Waals surface area contributed by atoms with Crippen molar-refractivity contribution in [2.75, 3.05) is 58.7 Å². The number of piperazine rings is 1. The molecular formula is C18H30N4O2. The van der Waals surface area contributed by atoms with Gasteiger partial charge in [0.15, 0.2) is 0 Å². The number of amides is 2. The molecule has 1 aromatic rings. The van der Waals surface area contributed by atoms with Crippen molar-refractivity contribution in [2.24, 2.45) is 0 Å². The van der Waals surface area contributed by atoms with Gasteiger partial charge in [-0.2, -0.15) is 0 Å². The number of rotatable bonds is 6. The van der Waals surface area contributed by atoms with E-state index in [4.69, 9.17) is 0 Å². The molecule has 0 saturated carbocycles. The van der Waals surface area contributed by atoms with Crippen molar-refractivity contribution in [3.05, 3.63) is 29.8 Å². The maximum Gasteiger partial charge on any atom is 0.321 e. The average Bonchev–Trinajstić information content (AvgIpc) is 2.57. The molecule has 0 aliphatic carbocycles. The average molecular weight is 334 g/mol. The molecule has 1 aliphatic rings. The first-order chi connectivity index (χ1) is 11.5. The number of aryl methyl sites for hydroxylation is 1. The van der Waals surface area contributed by atoms with Crippen LogP contribution in [0.25, 0.3) is 0 Å². The lowest BCUT2D eigenvalue weighted by Crippen LogP contribution is -2.49. The van der Waals surface area contributed by atoms with Gasteiger partial charge in [-0.25, -0.2) is 4.79 Å². The third-order valence-electron chi connectivity index (χ3n) is 4.54. The minimum Gasteiger partial charge on any atom is -0.390 e.